The smallest absolute Gasteiger partial charge is 0.346 e. The predicted molar refractivity (Wildman–Crippen MR) is 510 cm³/mol. The molecule has 0 saturated heterocycles. The molecular weight excluding hydrogens is 1520 g/mol. The van der Waals surface area contributed by atoms with Gasteiger partial charge >= 0.3 is 33.3 Å². The van der Waals surface area contributed by atoms with E-state index < -0.39 is 33.3 Å². The van der Waals surface area contributed by atoms with Gasteiger partial charge in [0.2, 0.25) is 0 Å². The molecule has 0 aliphatic rings. The third-order valence-corrected chi connectivity index (χ3v) is 39.8. The van der Waals surface area contributed by atoms with Crippen LogP contribution in [0.5, 0.6) is 23.0 Å². The molecule has 0 bridgehead atoms. The average Bonchev–Trinajstić information content (AvgIpc) is 0.751. The van der Waals surface area contributed by atoms with Gasteiger partial charge in [-0.15, -0.1) is 0 Å². The Balaban J connectivity index is 0.847. The molecule has 0 saturated carbocycles. The minimum atomic E-state index is -3.24. The topological polar surface area (TPSA) is 36.9 Å². The van der Waals surface area contributed by atoms with Crippen molar-refractivity contribution in [3.05, 3.63) is 515 Å². The molecule has 17 aromatic carbocycles. The van der Waals surface area contributed by atoms with E-state index in [1.165, 1.54) is 62.2 Å². The van der Waals surface area contributed by atoms with E-state index in [0.29, 0.717) is 0 Å². The first kappa shape index (κ1) is 79.3. The van der Waals surface area contributed by atoms with Gasteiger partial charge in [-0.1, -0.05) is 437 Å². The van der Waals surface area contributed by atoms with Crippen molar-refractivity contribution < 1.29 is 17.7 Å². The summed E-state index contributed by atoms with van der Waals surface area (Å²) in [5.74, 6) is 3.08. The Hall–Kier alpha value is -13.2. The van der Waals surface area contributed by atoms with Gasteiger partial charge in [-0.25, -0.2) is 0 Å². The van der Waals surface area contributed by atoms with Gasteiger partial charge in [0.25, 0.3) is 0 Å². The van der Waals surface area contributed by atoms with Crippen molar-refractivity contribution in [1.29, 1.82) is 0 Å². The molecule has 0 aliphatic heterocycles. The minimum absolute atomic E-state index is 0.248. The molecule has 4 nitrogen and oxygen atoms in total. The molecule has 0 radical (unpaired) electrons. The van der Waals surface area contributed by atoms with E-state index in [-0.39, 0.29) is 11.8 Å². The molecule has 0 amide bonds. The second-order valence-corrected chi connectivity index (χ2v) is 45.2. The van der Waals surface area contributed by atoms with Gasteiger partial charge in [-0.2, -0.15) is 0 Å². The second-order valence-electron chi connectivity index (χ2n) is 32.0. The van der Waals surface area contributed by atoms with Crippen molar-refractivity contribution >= 4 is 95.5 Å². The van der Waals surface area contributed by atoms with Crippen LogP contribution >= 0.6 is 0 Å². The van der Waals surface area contributed by atoms with E-state index in [9.17, 15) is 0 Å². The Labute approximate surface area is 712 Å². The summed E-state index contributed by atoms with van der Waals surface area (Å²) < 4.78 is 32.1. The molecule has 17 rings (SSSR count). The third kappa shape index (κ3) is 15.2. The van der Waals surface area contributed by atoms with Crippen LogP contribution < -0.4 is 79.9 Å². The van der Waals surface area contributed by atoms with Crippen LogP contribution in [-0.4, -0.2) is 33.3 Å². The van der Waals surface area contributed by atoms with Gasteiger partial charge in [0.1, 0.15) is 23.0 Å². The molecule has 120 heavy (non-hydrogen) atoms. The first-order valence-electron chi connectivity index (χ1n) is 41.7. The van der Waals surface area contributed by atoms with Crippen molar-refractivity contribution in [2.45, 2.75) is 67.2 Å². The molecule has 0 unspecified atom stereocenters. The molecular formula is C112H98O4Si4. The highest BCUT2D eigenvalue weighted by atomic mass is 28.4. The predicted octanol–water partition coefficient (Wildman–Crippen LogP) is 18.7. The average molecular weight is 1620 g/mol. The van der Waals surface area contributed by atoms with Crippen molar-refractivity contribution in [3.63, 3.8) is 0 Å². The summed E-state index contributed by atoms with van der Waals surface area (Å²) in [6, 6.07) is 160. The molecule has 0 aromatic heterocycles. The highest BCUT2D eigenvalue weighted by Crippen LogP contribution is 2.44. The zero-order valence-electron chi connectivity index (χ0n) is 69.4. The van der Waals surface area contributed by atoms with Crippen LogP contribution in [0, 0.1) is 55.4 Å². The summed E-state index contributed by atoms with van der Waals surface area (Å²) in [5.41, 5.74) is 15.5. The van der Waals surface area contributed by atoms with Crippen LogP contribution in [-0.2, 0) is 0 Å². The molecule has 0 heterocycles. The summed E-state index contributed by atoms with van der Waals surface area (Å²) >= 11 is 0. The van der Waals surface area contributed by atoms with Crippen molar-refractivity contribution in [3.8, 4) is 23.0 Å². The summed E-state index contributed by atoms with van der Waals surface area (Å²) in [6.45, 7) is 17.9. The van der Waals surface area contributed by atoms with Crippen molar-refractivity contribution in [2.24, 2.45) is 0 Å². The maximum atomic E-state index is 8.04. The second kappa shape index (κ2) is 34.8. The quantitative estimate of drug-likeness (QED) is 0.0400. The molecule has 0 N–H and O–H groups in total. The van der Waals surface area contributed by atoms with Crippen molar-refractivity contribution in [2.75, 3.05) is 0 Å². The molecule has 0 fully saturated rings. The summed E-state index contributed by atoms with van der Waals surface area (Å²) in [6.07, 6.45) is 0. The molecule has 586 valence electrons. The van der Waals surface area contributed by atoms with Crippen molar-refractivity contribution in [1.82, 2.24) is 0 Å². The van der Waals surface area contributed by atoms with Crippen LogP contribution in [0.15, 0.2) is 437 Å². The van der Waals surface area contributed by atoms with Crippen LogP contribution in [0.25, 0.3) is 0 Å². The fraction of sp³-hybridized carbons (Fsp3) is 0.0893. The van der Waals surface area contributed by atoms with E-state index >= 15 is 0 Å². The fourth-order valence-electron chi connectivity index (χ4n) is 18.7. The number of hydrogen-bond acceptors (Lipinski definition) is 4. The van der Waals surface area contributed by atoms with Gasteiger partial charge in [0.15, 0.2) is 0 Å². The van der Waals surface area contributed by atoms with E-state index in [0.717, 1.165) is 101 Å². The highest BCUT2D eigenvalue weighted by molar-refractivity contribution is 7.09. The Morgan fingerprint density at radius 2 is 0.250 bits per heavy atom. The highest BCUT2D eigenvalue weighted by Gasteiger charge is 2.49. The summed E-state index contributed by atoms with van der Waals surface area (Å²) in [5, 5.41) is 14.1. The van der Waals surface area contributed by atoms with Gasteiger partial charge in [0.05, 0.1) is 0 Å². The molecule has 0 atom stereocenters. The standard InChI is InChI=1S/C112H98O4Si4/c1-81-73-91(74-82(2)109(81)113-117(95-45-21-9-22-46-95,96-47-23-10-24-48-96)97-49-25-11-26-50-97)107(92-75-83(3)110(84(4)76-92)114-118(98-51-27-12-28-52-98,99-53-29-13-30-54-99)100-55-31-14-32-56-100)89-69-71-90(72-70-89)108(93-77-85(5)111(86(6)78-93)115-119(101-57-33-15-34-58-101,102-59-35-16-36-60-102)103-61-37-17-38-62-103)94-79-87(7)112(88(8)80-94)116-120(104-63-39-18-40-64-104,105-65-41-19-42-66-105)106-67-43-20-44-68-106/h9-80,107-108H,1-8H3. The normalized spacial score (nSPS) is 11.8. The summed E-state index contributed by atoms with van der Waals surface area (Å²) in [4.78, 5) is 0. The zero-order chi connectivity index (χ0) is 82.2. The number of benzene rings is 17. The number of aryl methyl sites for hydroxylation is 8. The maximum Gasteiger partial charge on any atom is 0.346 e. The van der Waals surface area contributed by atoms with Gasteiger partial charge in [-0.05, 0) is 196 Å². The third-order valence-electron chi connectivity index (χ3n) is 24.1. The molecule has 8 heteroatoms. The maximum absolute atomic E-state index is 8.04. The minimum Gasteiger partial charge on any atom is -0.530 e. The fourth-order valence-corrected chi connectivity index (χ4v) is 34.5. The largest absolute Gasteiger partial charge is 0.530 e. The van der Waals surface area contributed by atoms with Crippen LogP contribution in [0.1, 0.15) is 89.7 Å². The van der Waals surface area contributed by atoms with E-state index in [1.54, 1.807) is 0 Å². The van der Waals surface area contributed by atoms with Crippen LogP contribution in [0.4, 0.5) is 0 Å². The lowest BCUT2D eigenvalue weighted by Crippen LogP contribution is -2.71. The monoisotopic (exact) mass is 1620 g/mol. The van der Waals surface area contributed by atoms with Crippen LogP contribution in [0.3, 0.4) is 0 Å². The first-order chi connectivity index (χ1) is 58.8. The van der Waals surface area contributed by atoms with Gasteiger partial charge in [0, 0.05) is 11.8 Å². The molecule has 17 aromatic rings. The zero-order valence-corrected chi connectivity index (χ0v) is 73.4. The number of hydrogen-bond donors (Lipinski definition) is 0. The van der Waals surface area contributed by atoms with E-state index in [4.69, 9.17) is 17.7 Å². The lowest BCUT2D eigenvalue weighted by Gasteiger charge is -2.35. The van der Waals surface area contributed by atoms with E-state index in [2.05, 4.69) is 492 Å². The Morgan fingerprint density at radius 3 is 0.358 bits per heavy atom. The van der Waals surface area contributed by atoms with Gasteiger partial charge < -0.3 is 17.7 Å². The lowest BCUT2D eigenvalue weighted by atomic mass is 9.79. The molecule has 0 aliphatic carbocycles. The molecule has 0 spiro atoms. The lowest BCUT2D eigenvalue weighted by molar-refractivity contribution is 0.565. The first-order valence-corrected chi connectivity index (χ1v) is 49.4. The Kier molecular flexibility index (Phi) is 23.0. The SMILES string of the molecule is Cc1cc(C(c2ccc(C(c3cc(C)c(O[Si](c4ccccc4)(c4ccccc4)c4ccccc4)c(C)c3)c3cc(C)c(O[Si](c4ccccc4)(c4ccccc4)c4ccccc4)c(C)c3)cc2)c2cc(C)c(O[Si](c3ccccc3)(c3ccccc3)c3ccccc3)c(C)c2)cc(C)c1O[Si](c1ccccc1)(c1ccccc1)c1ccccc1. The van der Waals surface area contributed by atoms with E-state index in [1.807, 2.05) is 0 Å². The van der Waals surface area contributed by atoms with Crippen LogP contribution in [0.2, 0.25) is 0 Å². The Bertz CT molecular complexity index is 5100. The Morgan fingerprint density at radius 1 is 0.142 bits per heavy atom. The summed E-state index contributed by atoms with van der Waals surface area (Å²) in [7, 11) is -12.9. The van der Waals surface area contributed by atoms with Gasteiger partial charge in [-0.3, -0.25) is 0 Å². The number of rotatable bonds is 26.